The molecule has 0 fully saturated rings. The van der Waals surface area contributed by atoms with Crippen LogP contribution in [-0.4, -0.2) is 31.8 Å². The molecule has 0 saturated heterocycles. The molecule has 0 aliphatic carbocycles. The van der Waals surface area contributed by atoms with Crippen LogP contribution in [-0.2, 0) is 4.74 Å². The lowest BCUT2D eigenvalue weighted by Crippen LogP contribution is -2.25. The van der Waals surface area contributed by atoms with Gasteiger partial charge in [-0.1, -0.05) is 0 Å². The van der Waals surface area contributed by atoms with Crippen molar-refractivity contribution in [3.8, 4) is 5.75 Å². The minimum Gasteiger partial charge on any atom is -0.491 e. The van der Waals surface area contributed by atoms with Crippen LogP contribution in [0.4, 0.5) is 0 Å². The molecule has 1 aromatic carbocycles. The number of benzene rings is 1. The first kappa shape index (κ1) is 15.5. The highest BCUT2D eigenvalue weighted by Gasteiger charge is 2.05. The van der Waals surface area contributed by atoms with Crippen molar-refractivity contribution in [1.82, 2.24) is 5.32 Å². The van der Waals surface area contributed by atoms with Crippen molar-refractivity contribution in [1.29, 1.82) is 0 Å². The van der Waals surface area contributed by atoms with Crippen LogP contribution < -0.4 is 10.1 Å². The van der Waals surface area contributed by atoms with E-state index in [0.29, 0.717) is 25.3 Å². The maximum absolute atomic E-state index is 11.8. The summed E-state index contributed by atoms with van der Waals surface area (Å²) >= 11 is 0. The van der Waals surface area contributed by atoms with Crippen molar-refractivity contribution in [3.05, 3.63) is 29.8 Å². The van der Waals surface area contributed by atoms with E-state index < -0.39 is 0 Å². The first-order chi connectivity index (χ1) is 9.13. The van der Waals surface area contributed by atoms with Gasteiger partial charge in [-0.05, 0) is 51.5 Å². The van der Waals surface area contributed by atoms with Crippen LogP contribution in [0, 0.1) is 0 Å². The monoisotopic (exact) mass is 265 g/mol. The molecule has 1 N–H and O–H groups in total. The normalized spacial score (nSPS) is 10.5. The number of hydrogen-bond donors (Lipinski definition) is 1. The van der Waals surface area contributed by atoms with E-state index in [-0.39, 0.29) is 12.0 Å². The second-order valence-corrected chi connectivity index (χ2v) is 4.50. The van der Waals surface area contributed by atoms with Gasteiger partial charge in [-0.3, -0.25) is 4.79 Å². The number of rotatable bonds is 8. The van der Waals surface area contributed by atoms with Gasteiger partial charge in [-0.25, -0.2) is 0 Å². The summed E-state index contributed by atoms with van der Waals surface area (Å²) in [6.45, 7) is 7.92. The number of hydrogen-bond acceptors (Lipinski definition) is 3. The molecule has 4 heteroatoms. The smallest absolute Gasteiger partial charge is 0.251 e. The Bertz CT molecular complexity index is 373. The van der Waals surface area contributed by atoms with Crippen molar-refractivity contribution in [2.75, 3.05) is 19.8 Å². The lowest BCUT2D eigenvalue weighted by atomic mass is 10.2. The zero-order valence-electron chi connectivity index (χ0n) is 11.9. The summed E-state index contributed by atoms with van der Waals surface area (Å²) in [5.74, 6) is 0.718. The largest absolute Gasteiger partial charge is 0.491 e. The Morgan fingerprint density at radius 1 is 1.26 bits per heavy atom. The van der Waals surface area contributed by atoms with Crippen LogP contribution in [0.2, 0.25) is 0 Å². The number of amides is 1. The Kier molecular flexibility index (Phi) is 6.97. The zero-order chi connectivity index (χ0) is 14.1. The Hall–Kier alpha value is -1.55. The van der Waals surface area contributed by atoms with Gasteiger partial charge in [0.2, 0.25) is 0 Å². The van der Waals surface area contributed by atoms with Crippen molar-refractivity contribution < 1.29 is 14.3 Å². The Morgan fingerprint density at radius 3 is 2.53 bits per heavy atom. The molecule has 0 unspecified atom stereocenters. The summed E-state index contributed by atoms with van der Waals surface area (Å²) in [4.78, 5) is 11.8. The molecule has 1 rings (SSSR count). The van der Waals surface area contributed by atoms with Gasteiger partial charge in [0.1, 0.15) is 5.75 Å². The maximum atomic E-state index is 11.8. The van der Waals surface area contributed by atoms with E-state index in [1.54, 1.807) is 12.1 Å². The fraction of sp³-hybridized carbons (Fsp3) is 0.533. The molecule has 4 nitrogen and oxygen atoms in total. The van der Waals surface area contributed by atoms with E-state index >= 15 is 0 Å². The molecule has 19 heavy (non-hydrogen) atoms. The third-order valence-corrected chi connectivity index (χ3v) is 2.44. The molecule has 1 aromatic rings. The van der Waals surface area contributed by atoms with E-state index in [0.717, 1.165) is 12.2 Å². The summed E-state index contributed by atoms with van der Waals surface area (Å²) in [6, 6.07) is 7.18. The molecule has 0 saturated carbocycles. The number of carbonyl (C=O) groups excluding carboxylic acids is 1. The second kappa shape index (κ2) is 8.53. The van der Waals surface area contributed by atoms with Crippen LogP contribution >= 0.6 is 0 Å². The Balaban J connectivity index is 2.36. The predicted octanol–water partition coefficient (Wildman–Crippen LogP) is 2.63. The molecule has 0 aliphatic heterocycles. The molecule has 106 valence electrons. The molecule has 0 heterocycles. The third-order valence-electron chi connectivity index (χ3n) is 2.44. The zero-order valence-corrected chi connectivity index (χ0v) is 11.9. The Labute approximate surface area is 115 Å². The SMILES string of the molecule is CCOCCCNC(=O)c1ccc(OC(C)C)cc1. The lowest BCUT2D eigenvalue weighted by molar-refractivity contribution is 0.0944. The quantitative estimate of drug-likeness (QED) is 0.735. The van der Waals surface area contributed by atoms with Gasteiger partial charge in [-0.15, -0.1) is 0 Å². The van der Waals surface area contributed by atoms with Gasteiger partial charge in [0, 0.05) is 25.3 Å². The van der Waals surface area contributed by atoms with Crippen LogP contribution in [0.3, 0.4) is 0 Å². The van der Waals surface area contributed by atoms with E-state index in [9.17, 15) is 4.79 Å². The molecule has 0 atom stereocenters. The van der Waals surface area contributed by atoms with Crippen molar-refractivity contribution in [3.63, 3.8) is 0 Å². The van der Waals surface area contributed by atoms with E-state index in [4.69, 9.17) is 9.47 Å². The number of nitrogens with one attached hydrogen (secondary N) is 1. The van der Waals surface area contributed by atoms with Gasteiger partial charge in [0.15, 0.2) is 0 Å². The average Bonchev–Trinajstić information content (AvgIpc) is 2.38. The van der Waals surface area contributed by atoms with Gasteiger partial charge in [-0.2, -0.15) is 0 Å². The van der Waals surface area contributed by atoms with Crippen molar-refractivity contribution in [2.24, 2.45) is 0 Å². The Morgan fingerprint density at radius 2 is 1.95 bits per heavy atom. The summed E-state index contributed by atoms with van der Waals surface area (Å²) < 4.78 is 10.7. The van der Waals surface area contributed by atoms with Crippen molar-refractivity contribution in [2.45, 2.75) is 33.3 Å². The highest BCUT2D eigenvalue weighted by Crippen LogP contribution is 2.13. The first-order valence-corrected chi connectivity index (χ1v) is 6.76. The van der Waals surface area contributed by atoms with Gasteiger partial charge in [0.25, 0.3) is 5.91 Å². The van der Waals surface area contributed by atoms with E-state index in [1.807, 2.05) is 32.9 Å². The number of ether oxygens (including phenoxy) is 2. The summed E-state index contributed by atoms with van der Waals surface area (Å²) in [5.41, 5.74) is 0.646. The second-order valence-electron chi connectivity index (χ2n) is 4.50. The van der Waals surface area contributed by atoms with Crippen LogP contribution in [0.1, 0.15) is 37.6 Å². The molecular formula is C15H23NO3. The molecule has 0 aromatic heterocycles. The molecule has 0 spiro atoms. The van der Waals surface area contributed by atoms with Crippen LogP contribution in [0.25, 0.3) is 0 Å². The average molecular weight is 265 g/mol. The molecular weight excluding hydrogens is 242 g/mol. The molecule has 0 aliphatic rings. The standard InChI is InChI=1S/C15H23NO3/c1-4-18-11-5-10-16-15(17)13-6-8-14(9-7-13)19-12(2)3/h6-9,12H,4-5,10-11H2,1-3H3,(H,16,17). The first-order valence-electron chi connectivity index (χ1n) is 6.76. The third kappa shape index (κ3) is 6.25. The van der Waals surface area contributed by atoms with Gasteiger partial charge < -0.3 is 14.8 Å². The highest BCUT2D eigenvalue weighted by molar-refractivity contribution is 5.94. The molecule has 0 bridgehead atoms. The van der Waals surface area contributed by atoms with E-state index in [2.05, 4.69) is 5.32 Å². The minimum absolute atomic E-state index is 0.0624. The maximum Gasteiger partial charge on any atom is 0.251 e. The van der Waals surface area contributed by atoms with Crippen LogP contribution in [0.5, 0.6) is 5.75 Å². The fourth-order valence-corrected chi connectivity index (χ4v) is 1.58. The summed E-state index contributed by atoms with van der Waals surface area (Å²) in [7, 11) is 0. The summed E-state index contributed by atoms with van der Waals surface area (Å²) in [6.07, 6.45) is 0.965. The van der Waals surface area contributed by atoms with E-state index in [1.165, 1.54) is 0 Å². The van der Waals surface area contributed by atoms with Gasteiger partial charge >= 0.3 is 0 Å². The molecule has 0 radical (unpaired) electrons. The minimum atomic E-state index is -0.0624. The highest BCUT2D eigenvalue weighted by atomic mass is 16.5. The van der Waals surface area contributed by atoms with Gasteiger partial charge in [0.05, 0.1) is 6.10 Å². The van der Waals surface area contributed by atoms with Crippen LogP contribution in [0.15, 0.2) is 24.3 Å². The lowest BCUT2D eigenvalue weighted by Gasteiger charge is -2.10. The summed E-state index contributed by atoms with van der Waals surface area (Å²) in [5, 5.41) is 2.86. The number of carbonyl (C=O) groups is 1. The molecule has 1 amide bonds. The predicted molar refractivity (Wildman–Crippen MR) is 75.6 cm³/mol. The fourth-order valence-electron chi connectivity index (χ4n) is 1.58. The topological polar surface area (TPSA) is 47.6 Å². The van der Waals surface area contributed by atoms with Crippen molar-refractivity contribution >= 4 is 5.91 Å².